The predicted molar refractivity (Wildman–Crippen MR) is 75.6 cm³/mol. The Labute approximate surface area is 116 Å². The van der Waals surface area contributed by atoms with Crippen molar-refractivity contribution >= 4 is 33.1 Å². The minimum atomic E-state index is -3.77. The van der Waals surface area contributed by atoms with Gasteiger partial charge >= 0.3 is 0 Å². The van der Waals surface area contributed by atoms with Gasteiger partial charge in [-0.25, -0.2) is 13.4 Å². The highest BCUT2D eigenvalue weighted by Crippen LogP contribution is 2.25. The number of anilines is 2. The number of aromatic nitrogens is 1. The second-order valence-corrected chi connectivity index (χ2v) is 6.07. The summed E-state index contributed by atoms with van der Waals surface area (Å²) in [5.41, 5.74) is 6.87. The molecule has 0 amide bonds. The van der Waals surface area contributed by atoms with Gasteiger partial charge in [-0.2, -0.15) is 0 Å². The van der Waals surface area contributed by atoms with Crippen LogP contribution in [0.25, 0.3) is 0 Å². The normalized spacial score (nSPS) is 11.3. The SMILES string of the molecule is Cc1ccc(NS(=O)(=O)c2ccc(N)cc2Cl)nc1. The molecular formula is C12H12ClN3O2S. The molecule has 0 fully saturated rings. The van der Waals surface area contributed by atoms with Gasteiger partial charge in [0.05, 0.1) is 5.02 Å². The molecule has 7 heteroatoms. The maximum Gasteiger partial charge on any atom is 0.264 e. The number of aryl methyl sites for hydroxylation is 1. The molecule has 0 aliphatic rings. The van der Waals surface area contributed by atoms with E-state index in [1.807, 2.05) is 6.92 Å². The van der Waals surface area contributed by atoms with Gasteiger partial charge in [0.1, 0.15) is 10.7 Å². The van der Waals surface area contributed by atoms with E-state index >= 15 is 0 Å². The molecule has 0 saturated carbocycles. The molecule has 0 aliphatic heterocycles. The number of pyridine rings is 1. The maximum atomic E-state index is 12.1. The van der Waals surface area contributed by atoms with Gasteiger partial charge in [-0.15, -0.1) is 0 Å². The van der Waals surface area contributed by atoms with E-state index in [1.165, 1.54) is 18.2 Å². The molecule has 1 aromatic carbocycles. The van der Waals surface area contributed by atoms with Crippen molar-refractivity contribution < 1.29 is 8.42 Å². The van der Waals surface area contributed by atoms with Crippen molar-refractivity contribution in [1.29, 1.82) is 0 Å². The van der Waals surface area contributed by atoms with Crippen LogP contribution in [0.2, 0.25) is 5.02 Å². The van der Waals surface area contributed by atoms with Gasteiger partial charge in [0, 0.05) is 11.9 Å². The highest BCUT2D eigenvalue weighted by Gasteiger charge is 2.18. The predicted octanol–water partition coefficient (Wildman–Crippen LogP) is 2.43. The van der Waals surface area contributed by atoms with Crippen molar-refractivity contribution in [3.63, 3.8) is 0 Å². The Bertz CT molecular complexity index is 699. The number of rotatable bonds is 3. The molecule has 0 atom stereocenters. The largest absolute Gasteiger partial charge is 0.399 e. The quantitative estimate of drug-likeness (QED) is 0.852. The number of benzene rings is 1. The van der Waals surface area contributed by atoms with Crippen LogP contribution in [0.4, 0.5) is 11.5 Å². The summed E-state index contributed by atoms with van der Waals surface area (Å²) in [4.78, 5) is 3.94. The molecule has 2 rings (SSSR count). The topological polar surface area (TPSA) is 85.1 Å². The van der Waals surface area contributed by atoms with Crippen LogP contribution in [0.3, 0.4) is 0 Å². The number of halogens is 1. The summed E-state index contributed by atoms with van der Waals surface area (Å²) in [5.74, 6) is 0.235. The summed E-state index contributed by atoms with van der Waals surface area (Å²) < 4.78 is 26.6. The lowest BCUT2D eigenvalue weighted by Crippen LogP contribution is -2.14. The van der Waals surface area contributed by atoms with E-state index in [-0.39, 0.29) is 15.7 Å². The van der Waals surface area contributed by atoms with Crippen molar-refractivity contribution in [2.75, 3.05) is 10.5 Å². The van der Waals surface area contributed by atoms with Crippen molar-refractivity contribution in [2.24, 2.45) is 0 Å². The monoisotopic (exact) mass is 297 g/mol. The molecule has 2 aromatic rings. The third-order valence-corrected chi connectivity index (χ3v) is 4.23. The van der Waals surface area contributed by atoms with Gasteiger partial charge in [-0.3, -0.25) is 4.72 Å². The molecule has 0 aliphatic carbocycles. The van der Waals surface area contributed by atoms with Gasteiger partial charge in [0.25, 0.3) is 10.0 Å². The van der Waals surface area contributed by atoms with E-state index in [2.05, 4.69) is 9.71 Å². The molecule has 100 valence electrons. The number of hydrogen-bond acceptors (Lipinski definition) is 4. The van der Waals surface area contributed by atoms with Crippen molar-refractivity contribution in [3.8, 4) is 0 Å². The molecule has 0 bridgehead atoms. The highest BCUT2D eigenvalue weighted by molar-refractivity contribution is 7.92. The molecule has 19 heavy (non-hydrogen) atoms. The minimum Gasteiger partial charge on any atom is -0.399 e. The van der Waals surface area contributed by atoms with Gasteiger partial charge in [-0.05, 0) is 36.8 Å². The number of sulfonamides is 1. The maximum absolute atomic E-state index is 12.1. The number of nitrogens with one attached hydrogen (secondary N) is 1. The Kier molecular flexibility index (Phi) is 3.64. The summed E-state index contributed by atoms with van der Waals surface area (Å²) in [5, 5.41) is 0.0691. The second kappa shape index (κ2) is 5.07. The zero-order valence-corrected chi connectivity index (χ0v) is 11.7. The van der Waals surface area contributed by atoms with E-state index in [9.17, 15) is 8.42 Å². The summed E-state index contributed by atoms with van der Waals surface area (Å²) in [6, 6.07) is 7.56. The van der Waals surface area contributed by atoms with Gasteiger partial charge in [0.2, 0.25) is 0 Å². The van der Waals surface area contributed by atoms with Crippen LogP contribution in [-0.4, -0.2) is 13.4 Å². The summed E-state index contributed by atoms with van der Waals surface area (Å²) >= 11 is 5.89. The molecule has 3 N–H and O–H groups in total. The third-order valence-electron chi connectivity index (χ3n) is 2.40. The average Bonchev–Trinajstić information content (AvgIpc) is 2.31. The minimum absolute atomic E-state index is 0.0364. The molecule has 0 saturated heterocycles. The van der Waals surface area contributed by atoms with Crippen LogP contribution >= 0.6 is 11.6 Å². The van der Waals surface area contributed by atoms with Gasteiger partial charge in [0.15, 0.2) is 0 Å². The van der Waals surface area contributed by atoms with Crippen LogP contribution in [0.15, 0.2) is 41.4 Å². The van der Waals surface area contributed by atoms with E-state index in [0.29, 0.717) is 5.69 Å². The summed E-state index contributed by atoms with van der Waals surface area (Å²) in [6.07, 6.45) is 1.57. The lowest BCUT2D eigenvalue weighted by molar-refractivity contribution is 0.601. The fourth-order valence-corrected chi connectivity index (χ4v) is 3.02. The van der Waals surface area contributed by atoms with E-state index in [1.54, 1.807) is 18.3 Å². The third kappa shape index (κ3) is 3.15. The van der Waals surface area contributed by atoms with E-state index < -0.39 is 10.0 Å². The van der Waals surface area contributed by atoms with Crippen LogP contribution in [0.1, 0.15) is 5.56 Å². The van der Waals surface area contributed by atoms with Crippen molar-refractivity contribution in [3.05, 3.63) is 47.1 Å². The molecular weight excluding hydrogens is 286 g/mol. The lowest BCUT2D eigenvalue weighted by Gasteiger charge is -2.09. The zero-order valence-electron chi connectivity index (χ0n) is 10.1. The number of nitrogens with zero attached hydrogens (tertiary/aromatic N) is 1. The average molecular weight is 298 g/mol. The molecule has 1 aromatic heterocycles. The summed E-state index contributed by atoms with van der Waals surface area (Å²) in [6.45, 7) is 1.86. The Morgan fingerprint density at radius 3 is 2.58 bits per heavy atom. The van der Waals surface area contributed by atoms with Gasteiger partial charge in [-0.1, -0.05) is 17.7 Å². The Morgan fingerprint density at radius 2 is 2.00 bits per heavy atom. The first kappa shape index (κ1) is 13.6. The Balaban J connectivity index is 2.35. The molecule has 5 nitrogen and oxygen atoms in total. The molecule has 0 radical (unpaired) electrons. The first-order valence-electron chi connectivity index (χ1n) is 5.39. The Hall–Kier alpha value is -1.79. The Morgan fingerprint density at radius 1 is 1.26 bits per heavy atom. The van der Waals surface area contributed by atoms with Crippen LogP contribution < -0.4 is 10.5 Å². The first-order chi connectivity index (χ1) is 8.88. The van der Waals surface area contributed by atoms with Crippen LogP contribution in [0.5, 0.6) is 0 Å². The lowest BCUT2D eigenvalue weighted by atomic mass is 10.3. The number of nitrogens with two attached hydrogens (primary N) is 1. The molecule has 0 unspecified atom stereocenters. The highest BCUT2D eigenvalue weighted by atomic mass is 35.5. The fourth-order valence-electron chi connectivity index (χ4n) is 1.46. The van der Waals surface area contributed by atoms with Crippen molar-refractivity contribution in [1.82, 2.24) is 4.98 Å². The van der Waals surface area contributed by atoms with Crippen molar-refractivity contribution in [2.45, 2.75) is 11.8 Å². The molecule has 1 heterocycles. The smallest absolute Gasteiger partial charge is 0.264 e. The van der Waals surface area contributed by atoms with Gasteiger partial charge < -0.3 is 5.73 Å². The van der Waals surface area contributed by atoms with Crippen LogP contribution in [0, 0.1) is 6.92 Å². The second-order valence-electron chi connectivity index (χ2n) is 4.02. The zero-order chi connectivity index (χ0) is 14.0. The van der Waals surface area contributed by atoms with E-state index in [0.717, 1.165) is 5.56 Å². The summed E-state index contributed by atoms with van der Waals surface area (Å²) in [7, 11) is -3.77. The fraction of sp³-hybridized carbons (Fsp3) is 0.0833. The number of hydrogen-bond donors (Lipinski definition) is 2. The molecule has 0 spiro atoms. The number of nitrogen functional groups attached to an aromatic ring is 1. The van der Waals surface area contributed by atoms with E-state index in [4.69, 9.17) is 17.3 Å². The standard InChI is InChI=1S/C12H12ClN3O2S/c1-8-2-5-12(15-7-8)16-19(17,18)11-4-3-9(14)6-10(11)13/h2-7H,14H2,1H3,(H,15,16). The first-order valence-corrected chi connectivity index (χ1v) is 7.25. The van der Waals surface area contributed by atoms with Crippen LogP contribution in [-0.2, 0) is 10.0 Å².